The van der Waals surface area contributed by atoms with Crippen molar-refractivity contribution in [1.29, 1.82) is 5.41 Å². The van der Waals surface area contributed by atoms with Gasteiger partial charge in [0.05, 0.1) is 19.2 Å². The number of hydrogen-bond donors (Lipinski definition) is 1. The smallest absolute Gasteiger partial charge is 0.161 e. The summed E-state index contributed by atoms with van der Waals surface area (Å²) in [6.07, 6.45) is 1.20. The van der Waals surface area contributed by atoms with Gasteiger partial charge in [0, 0.05) is 53.8 Å². The zero-order valence-electron chi connectivity index (χ0n) is 39.8. The van der Waals surface area contributed by atoms with Crippen LogP contribution in [0.3, 0.4) is 0 Å². The molecule has 0 aliphatic carbocycles. The highest BCUT2D eigenvalue weighted by Crippen LogP contribution is 2.35. The zero-order chi connectivity index (χ0) is 45.6. The number of para-hydroxylation sites is 1. The number of rotatable bonds is 5. The maximum atomic E-state index is 9.27. The lowest BCUT2D eigenvalue weighted by atomic mass is 9.99. The average Bonchev–Trinajstić information content (AvgIpc) is 3.91. The van der Waals surface area contributed by atoms with E-state index in [9.17, 15) is 6.78 Å². The molecule has 236 valence electrons. The first-order chi connectivity index (χ1) is 30.5. The summed E-state index contributed by atoms with van der Waals surface area (Å²) in [4.78, 5) is 9.17. The summed E-state index contributed by atoms with van der Waals surface area (Å²) >= 11 is 0.918. The number of nitrogens with zero attached hydrogens (tertiary/aromatic N) is 2. The van der Waals surface area contributed by atoms with Gasteiger partial charge in [-0.3, -0.25) is 5.41 Å². The predicted molar refractivity (Wildman–Crippen MR) is 211 cm³/mol. The molecular formula is C45H29N3OS. The lowest BCUT2D eigenvalue weighted by molar-refractivity contribution is 0.669. The number of furan rings is 1. The lowest BCUT2D eigenvalue weighted by Gasteiger charge is -2.08. The molecule has 0 saturated heterocycles. The Morgan fingerprint density at radius 3 is 2.18 bits per heavy atom. The normalized spacial score (nSPS) is 16.0. The van der Waals surface area contributed by atoms with Crippen LogP contribution < -0.4 is 0 Å². The Bertz CT molecular complexity index is 3570. The monoisotopic (exact) mass is 673 g/mol. The molecule has 2 aromatic heterocycles. The molecule has 7 aromatic carbocycles. The molecule has 2 heterocycles. The minimum atomic E-state index is -0.713. The molecule has 0 bridgehead atoms. The van der Waals surface area contributed by atoms with Gasteiger partial charge in [-0.05, 0) is 58.5 Å². The fraction of sp³-hybridized carbons (Fsp3) is 0. The Morgan fingerprint density at radius 1 is 0.620 bits per heavy atom. The van der Waals surface area contributed by atoms with Gasteiger partial charge in [-0.2, -0.15) is 0 Å². The van der Waals surface area contributed by atoms with Gasteiger partial charge in [0.2, 0.25) is 0 Å². The summed E-state index contributed by atoms with van der Waals surface area (Å²) in [5.74, 6) is -0.897. The van der Waals surface area contributed by atoms with E-state index in [2.05, 4.69) is 9.98 Å². The largest absolute Gasteiger partial charge is 0.456 e. The van der Waals surface area contributed by atoms with E-state index in [0.717, 1.165) is 28.0 Å². The molecule has 0 amide bonds. The van der Waals surface area contributed by atoms with Crippen molar-refractivity contribution >= 4 is 71.3 Å². The van der Waals surface area contributed by atoms with Crippen molar-refractivity contribution in [2.45, 2.75) is 0 Å². The van der Waals surface area contributed by atoms with Crippen LogP contribution in [-0.2, 0) is 0 Å². The molecule has 5 heteroatoms. The van der Waals surface area contributed by atoms with Gasteiger partial charge in [-0.25, -0.2) is 9.98 Å². The predicted octanol–water partition coefficient (Wildman–Crippen LogP) is 12.2. The van der Waals surface area contributed by atoms with Gasteiger partial charge in [-0.1, -0.05) is 127 Å². The van der Waals surface area contributed by atoms with Crippen LogP contribution in [0.15, 0.2) is 178 Å². The highest BCUT2D eigenvalue weighted by Gasteiger charge is 2.13. The van der Waals surface area contributed by atoms with Crippen LogP contribution in [0, 0.1) is 5.41 Å². The minimum absolute atomic E-state index is 0.00262. The van der Waals surface area contributed by atoms with Crippen molar-refractivity contribution in [1.82, 2.24) is 0 Å². The van der Waals surface area contributed by atoms with Gasteiger partial charge in [0.1, 0.15) is 11.2 Å². The Hall–Kier alpha value is -6.43. The summed E-state index contributed by atoms with van der Waals surface area (Å²) in [5.41, 5.74) is 2.76. The van der Waals surface area contributed by atoms with E-state index >= 15 is 0 Å². The molecule has 0 saturated carbocycles. The number of thiophene rings is 1. The summed E-state index contributed by atoms with van der Waals surface area (Å²) in [6, 6.07) is 17.5. The molecule has 0 aliphatic heterocycles. The molecule has 9 aromatic rings. The van der Waals surface area contributed by atoms with E-state index in [0.29, 0.717) is 11.1 Å². The van der Waals surface area contributed by atoms with E-state index in [-0.39, 0.29) is 59.6 Å². The molecule has 4 nitrogen and oxygen atoms in total. The van der Waals surface area contributed by atoms with E-state index < -0.39 is 90.0 Å². The van der Waals surface area contributed by atoms with Crippen LogP contribution in [0.1, 0.15) is 35.9 Å². The third kappa shape index (κ3) is 5.50. The minimum Gasteiger partial charge on any atom is -0.456 e. The first-order valence-corrected chi connectivity index (χ1v) is 16.2. The molecule has 0 unspecified atom stereocenters. The zero-order valence-corrected chi connectivity index (χ0v) is 26.6. The van der Waals surface area contributed by atoms with E-state index in [1.807, 2.05) is 60.7 Å². The first-order valence-electron chi connectivity index (χ1n) is 22.3. The maximum Gasteiger partial charge on any atom is 0.161 e. The van der Waals surface area contributed by atoms with Gasteiger partial charge in [0.25, 0.3) is 0 Å². The summed E-state index contributed by atoms with van der Waals surface area (Å²) in [6.45, 7) is 0. The van der Waals surface area contributed by atoms with E-state index in [1.165, 1.54) is 6.21 Å². The average molecular weight is 674 g/mol. The van der Waals surface area contributed by atoms with Crippen molar-refractivity contribution in [2.24, 2.45) is 9.98 Å². The quantitative estimate of drug-likeness (QED) is 0.143. The second-order valence-electron chi connectivity index (χ2n) is 11.1. The SMILES string of the molecule is [2H]c1c([2H])c([2H])c2c(oc3c([2H])c([2H])c(C(=N)N=C(N=Cc4c([2H])c([2H])c([2H])c5c4sc4c([2H])c([2H])c([2H])c([2H])c45)c4cccc(-c5ccc(-c6ccccc6)cc5)c4)c([2H])c32)c1[2H]. The number of hydrogen-bond acceptors (Lipinski definition) is 3. The van der Waals surface area contributed by atoms with Crippen LogP contribution in [-0.4, -0.2) is 17.9 Å². The third-order valence-corrected chi connectivity index (χ3v) is 9.20. The number of benzene rings is 7. The van der Waals surface area contributed by atoms with Crippen molar-refractivity contribution in [3.8, 4) is 22.3 Å². The summed E-state index contributed by atoms with van der Waals surface area (Å²) < 4.78 is 126. The maximum absolute atomic E-state index is 9.27. The number of nitrogens with one attached hydrogen (secondary N) is 1. The number of amidine groups is 2. The molecule has 0 radical (unpaired) electrons. The lowest BCUT2D eigenvalue weighted by Crippen LogP contribution is -2.05. The van der Waals surface area contributed by atoms with E-state index in [1.54, 1.807) is 18.2 Å². The Balaban J connectivity index is 1.26. The standard InChI is InChI=1S/C45H29N3OS/c46-44(33-24-25-41-39(27-33)36-15-4-6-18-40(36)49-41)48-45(47-28-35-14-9-17-38-37-16-5-7-19-42(37)50-43(35)38)34-13-8-12-32(26-34)31-22-20-30(21-23-31)29-10-2-1-3-11-29/h1-28,46H/i4D,5D,6D,7D,9D,14D,15D,16D,17D,18D,19D,24D,25D,27D. The van der Waals surface area contributed by atoms with E-state index in [4.69, 9.17) is 22.2 Å². The fourth-order valence-electron chi connectivity index (χ4n) is 5.64. The fourth-order valence-corrected chi connectivity index (χ4v) is 6.67. The summed E-state index contributed by atoms with van der Waals surface area (Å²) in [5, 5.41) is 8.94. The topological polar surface area (TPSA) is 61.7 Å². The van der Waals surface area contributed by atoms with Gasteiger partial charge >= 0.3 is 0 Å². The third-order valence-electron chi connectivity index (χ3n) is 8.07. The van der Waals surface area contributed by atoms with Crippen molar-refractivity contribution in [2.75, 3.05) is 0 Å². The summed E-state index contributed by atoms with van der Waals surface area (Å²) in [7, 11) is 0. The molecule has 0 spiro atoms. The van der Waals surface area contributed by atoms with Crippen LogP contribution in [0.4, 0.5) is 0 Å². The molecular weight excluding hydrogens is 631 g/mol. The number of aliphatic imine (C=N–C) groups is 2. The van der Waals surface area contributed by atoms with Crippen LogP contribution >= 0.6 is 11.3 Å². The second-order valence-corrected chi connectivity index (χ2v) is 12.1. The van der Waals surface area contributed by atoms with Crippen LogP contribution in [0.5, 0.6) is 0 Å². The van der Waals surface area contributed by atoms with Crippen molar-refractivity contribution in [3.05, 3.63) is 180 Å². The molecule has 0 atom stereocenters. The molecule has 0 aliphatic rings. The molecule has 9 rings (SSSR count). The molecule has 50 heavy (non-hydrogen) atoms. The van der Waals surface area contributed by atoms with Crippen LogP contribution in [0.2, 0.25) is 0 Å². The van der Waals surface area contributed by atoms with Crippen LogP contribution in [0.25, 0.3) is 64.4 Å². The molecule has 0 fully saturated rings. The molecule has 1 N–H and O–H groups in total. The highest BCUT2D eigenvalue weighted by atomic mass is 32.1. The first kappa shape index (κ1) is 18.4. The Labute approximate surface area is 312 Å². The van der Waals surface area contributed by atoms with Crippen molar-refractivity contribution < 1.29 is 23.6 Å². The number of fused-ring (bicyclic) bond motifs is 6. The Morgan fingerprint density at radius 2 is 1.32 bits per heavy atom. The second kappa shape index (κ2) is 12.5. The van der Waals surface area contributed by atoms with Crippen molar-refractivity contribution in [3.63, 3.8) is 0 Å². The van der Waals surface area contributed by atoms with Gasteiger partial charge in [0.15, 0.2) is 11.7 Å². The van der Waals surface area contributed by atoms with Gasteiger partial charge < -0.3 is 4.42 Å². The van der Waals surface area contributed by atoms with Gasteiger partial charge in [-0.15, -0.1) is 11.3 Å². The highest BCUT2D eigenvalue weighted by molar-refractivity contribution is 7.26. The Kier molecular flexibility index (Phi) is 4.61.